The average molecular weight is 352 g/mol. The summed E-state index contributed by atoms with van der Waals surface area (Å²) in [5.41, 5.74) is 2.06. The van der Waals surface area contributed by atoms with Crippen molar-refractivity contribution in [2.45, 2.75) is 6.10 Å². The smallest absolute Gasteiger partial charge is 0.152 e. The Balaban J connectivity index is 1.74. The first kappa shape index (κ1) is 16.9. The van der Waals surface area contributed by atoms with Crippen LogP contribution in [-0.4, -0.2) is 0 Å². The predicted octanol–water partition coefficient (Wildman–Crippen LogP) is 6.65. The van der Waals surface area contributed by atoms with Gasteiger partial charge in [-0.2, -0.15) is 0 Å². The summed E-state index contributed by atoms with van der Waals surface area (Å²) in [6.45, 7) is 0. The molecular weight excluding hydrogens is 332 g/mol. The van der Waals surface area contributed by atoms with Crippen molar-refractivity contribution >= 4 is 0 Å². The van der Waals surface area contributed by atoms with Crippen molar-refractivity contribution in [3.63, 3.8) is 0 Å². The summed E-state index contributed by atoms with van der Waals surface area (Å²) in [6, 6.07) is 37.9. The van der Waals surface area contributed by atoms with Crippen molar-refractivity contribution in [2.75, 3.05) is 0 Å². The third kappa shape index (κ3) is 4.18. The first-order valence-electron chi connectivity index (χ1n) is 8.98. The highest BCUT2D eigenvalue weighted by molar-refractivity contribution is 5.44. The molecular formula is C25H20O2. The van der Waals surface area contributed by atoms with Crippen molar-refractivity contribution in [1.82, 2.24) is 0 Å². The summed E-state index contributed by atoms with van der Waals surface area (Å²) in [5.74, 6) is 2.41. The quantitative estimate of drug-likeness (QED) is 0.387. The van der Waals surface area contributed by atoms with E-state index in [-0.39, 0.29) is 6.10 Å². The van der Waals surface area contributed by atoms with E-state index < -0.39 is 0 Å². The van der Waals surface area contributed by atoms with Gasteiger partial charge in [-0.15, -0.1) is 0 Å². The summed E-state index contributed by atoms with van der Waals surface area (Å²) in [7, 11) is 0. The minimum Gasteiger partial charge on any atom is -0.481 e. The molecule has 2 nitrogen and oxygen atoms in total. The monoisotopic (exact) mass is 352 g/mol. The molecule has 1 unspecified atom stereocenters. The number of para-hydroxylation sites is 3. The number of ether oxygens (including phenoxy) is 2. The van der Waals surface area contributed by atoms with Gasteiger partial charge in [-0.05, 0) is 35.9 Å². The molecule has 0 saturated heterocycles. The van der Waals surface area contributed by atoms with E-state index in [0.717, 1.165) is 28.4 Å². The molecule has 0 amide bonds. The highest BCUT2D eigenvalue weighted by Crippen LogP contribution is 2.36. The van der Waals surface area contributed by atoms with Crippen LogP contribution in [0.4, 0.5) is 0 Å². The summed E-state index contributed by atoms with van der Waals surface area (Å²) in [4.78, 5) is 0. The van der Waals surface area contributed by atoms with Crippen LogP contribution in [-0.2, 0) is 0 Å². The fourth-order valence-electron chi connectivity index (χ4n) is 2.98. The Bertz CT molecular complexity index is 967. The van der Waals surface area contributed by atoms with E-state index in [9.17, 15) is 0 Å². The van der Waals surface area contributed by atoms with Gasteiger partial charge in [0.2, 0.25) is 0 Å². The van der Waals surface area contributed by atoms with Crippen LogP contribution in [0.1, 0.15) is 17.2 Å². The lowest BCUT2D eigenvalue weighted by atomic mass is 10.0. The Morgan fingerprint density at radius 3 is 1.67 bits per heavy atom. The van der Waals surface area contributed by atoms with Crippen LogP contribution in [0.5, 0.6) is 17.2 Å². The third-order valence-corrected chi connectivity index (χ3v) is 4.27. The summed E-state index contributed by atoms with van der Waals surface area (Å²) in [6.07, 6.45) is -0.270. The SMILES string of the molecule is c1ccc(Oc2ccccc2C(Oc2ccccc2)c2ccccc2)cc1. The van der Waals surface area contributed by atoms with Crippen LogP contribution in [0.25, 0.3) is 0 Å². The molecule has 0 aliphatic heterocycles. The lowest BCUT2D eigenvalue weighted by molar-refractivity contribution is 0.243. The van der Waals surface area contributed by atoms with Crippen molar-refractivity contribution in [1.29, 1.82) is 0 Å². The Morgan fingerprint density at radius 2 is 1.00 bits per heavy atom. The largest absolute Gasteiger partial charge is 0.481 e. The van der Waals surface area contributed by atoms with E-state index in [2.05, 4.69) is 18.2 Å². The highest BCUT2D eigenvalue weighted by Gasteiger charge is 2.20. The van der Waals surface area contributed by atoms with Gasteiger partial charge in [-0.1, -0.05) is 84.9 Å². The van der Waals surface area contributed by atoms with Gasteiger partial charge in [-0.25, -0.2) is 0 Å². The number of hydrogen-bond acceptors (Lipinski definition) is 2. The second-order valence-electron chi connectivity index (χ2n) is 6.17. The molecule has 0 bridgehead atoms. The van der Waals surface area contributed by atoms with E-state index in [1.165, 1.54) is 0 Å². The van der Waals surface area contributed by atoms with Crippen molar-refractivity contribution in [3.05, 3.63) is 126 Å². The zero-order valence-corrected chi connectivity index (χ0v) is 14.9. The van der Waals surface area contributed by atoms with E-state index in [1.54, 1.807) is 0 Å². The van der Waals surface area contributed by atoms with Gasteiger partial charge >= 0.3 is 0 Å². The maximum atomic E-state index is 6.38. The second kappa shape index (κ2) is 8.24. The normalized spacial score (nSPS) is 11.6. The Kier molecular flexibility index (Phi) is 5.16. The summed E-state index contributed by atoms with van der Waals surface area (Å²) >= 11 is 0. The summed E-state index contributed by atoms with van der Waals surface area (Å²) < 4.78 is 12.6. The fourth-order valence-corrected chi connectivity index (χ4v) is 2.98. The topological polar surface area (TPSA) is 18.5 Å². The molecule has 0 saturated carbocycles. The molecule has 0 heterocycles. The van der Waals surface area contributed by atoms with Gasteiger partial charge in [0.25, 0.3) is 0 Å². The molecule has 0 spiro atoms. The number of benzene rings is 4. The molecule has 0 radical (unpaired) electrons. The Labute approximate surface area is 159 Å². The standard InChI is InChI=1S/C25H20O2/c1-4-12-20(13-5-1)25(27-22-16-8-3-9-17-22)23-18-10-11-19-24(23)26-21-14-6-2-7-15-21/h1-19,25H. The minimum absolute atomic E-state index is 0.270. The zero-order chi connectivity index (χ0) is 18.3. The molecule has 1 atom stereocenters. The van der Waals surface area contributed by atoms with Gasteiger partial charge < -0.3 is 9.47 Å². The molecule has 4 rings (SSSR count). The molecule has 0 fully saturated rings. The first-order valence-corrected chi connectivity index (χ1v) is 8.98. The van der Waals surface area contributed by atoms with Crippen LogP contribution in [0.15, 0.2) is 115 Å². The van der Waals surface area contributed by atoms with Crippen molar-refractivity contribution in [2.24, 2.45) is 0 Å². The third-order valence-electron chi connectivity index (χ3n) is 4.27. The van der Waals surface area contributed by atoms with Crippen LogP contribution < -0.4 is 9.47 Å². The number of hydrogen-bond donors (Lipinski definition) is 0. The number of rotatable bonds is 6. The summed E-state index contributed by atoms with van der Waals surface area (Å²) in [5, 5.41) is 0. The van der Waals surface area contributed by atoms with E-state index in [0.29, 0.717) is 0 Å². The maximum Gasteiger partial charge on any atom is 0.152 e. The lowest BCUT2D eigenvalue weighted by Gasteiger charge is -2.22. The van der Waals surface area contributed by atoms with Crippen LogP contribution >= 0.6 is 0 Å². The minimum atomic E-state index is -0.270. The van der Waals surface area contributed by atoms with Crippen LogP contribution in [0, 0.1) is 0 Å². The Morgan fingerprint density at radius 1 is 0.481 bits per heavy atom. The van der Waals surface area contributed by atoms with Gasteiger partial charge in [-0.3, -0.25) is 0 Å². The molecule has 0 aromatic heterocycles. The van der Waals surface area contributed by atoms with Gasteiger partial charge in [0.15, 0.2) is 6.10 Å². The van der Waals surface area contributed by atoms with Crippen LogP contribution in [0.3, 0.4) is 0 Å². The first-order chi connectivity index (χ1) is 13.4. The Hall–Kier alpha value is -3.52. The molecule has 0 aliphatic carbocycles. The molecule has 4 aromatic carbocycles. The molecule has 132 valence electrons. The van der Waals surface area contributed by atoms with Gasteiger partial charge in [0, 0.05) is 5.56 Å². The maximum absolute atomic E-state index is 6.38. The highest BCUT2D eigenvalue weighted by atomic mass is 16.5. The van der Waals surface area contributed by atoms with Crippen molar-refractivity contribution in [3.8, 4) is 17.2 Å². The fraction of sp³-hybridized carbons (Fsp3) is 0.0400. The molecule has 2 heteroatoms. The lowest BCUT2D eigenvalue weighted by Crippen LogP contribution is -2.10. The van der Waals surface area contributed by atoms with Gasteiger partial charge in [0.1, 0.15) is 17.2 Å². The van der Waals surface area contributed by atoms with Crippen LogP contribution in [0.2, 0.25) is 0 Å². The molecule has 0 N–H and O–H groups in total. The molecule has 4 aromatic rings. The second-order valence-corrected chi connectivity index (χ2v) is 6.17. The molecule has 0 aliphatic rings. The van der Waals surface area contributed by atoms with E-state index in [4.69, 9.17) is 9.47 Å². The van der Waals surface area contributed by atoms with E-state index in [1.807, 2.05) is 97.1 Å². The molecule has 27 heavy (non-hydrogen) atoms. The average Bonchev–Trinajstić information content (AvgIpc) is 2.75. The van der Waals surface area contributed by atoms with Gasteiger partial charge in [0.05, 0.1) is 0 Å². The van der Waals surface area contributed by atoms with Crippen molar-refractivity contribution < 1.29 is 9.47 Å². The predicted molar refractivity (Wildman–Crippen MR) is 108 cm³/mol. The van der Waals surface area contributed by atoms with E-state index >= 15 is 0 Å². The zero-order valence-electron chi connectivity index (χ0n) is 14.9.